The van der Waals surface area contributed by atoms with Gasteiger partial charge in [0.15, 0.2) is 5.69 Å². The normalized spacial score (nSPS) is 10.4. The van der Waals surface area contributed by atoms with E-state index in [9.17, 15) is 24.5 Å². The van der Waals surface area contributed by atoms with Crippen LogP contribution in [0.1, 0.15) is 23.1 Å². The number of hydrogen-bond acceptors (Lipinski definition) is 6. The zero-order chi connectivity index (χ0) is 19.4. The fraction of sp³-hybridized carbons (Fsp3) is 0.250. The first-order valence-corrected chi connectivity index (χ1v) is 7.62. The summed E-state index contributed by atoms with van der Waals surface area (Å²) in [6.07, 6.45) is 0. The lowest BCUT2D eigenvalue weighted by molar-refractivity contribution is -0.384. The van der Waals surface area contributed by atoms with Gasteiger partial charge in [-0.3, -0.25) is 24.5 Å². The van der Waals surface area contributed by atoms with Crippen LogP contribution in [0.15, 0.2) is 35.1 Å². The van der Waals surface area contributed by atoms with Crippen molar-refractivity contribution in [1.29, 1.82) is 0 Å². The van der Waals surface area contributed by atoms with E-state index >= 15 is 0 Å². The Kier molecular flexibility index (Phi) is 5.45. The van der Waals surface area contributed by atoms with Crippen LogP contribution in [0.2, 0.25) is 0 Å². The van der Waals surface area contributed by atoms with Crippen molar-refractivity contribution in [1.82, 2.24) is 14.7 Å². The quantitative estimate of drug-likeness (QED) is 0.599. The number of aromatic nitrogens is 2. The third-order valence-electron chi connectivity index (χ3n) is 3.61. The molecule has 0 aliphatic carbocycles. The van der Waals surface area contributed by atoms with Crippen LogP contribution in [0.25, 0.3) is 5.69 Å². The topological polar surface area (TPSA) is 136 Å². The molecule has 0 radical (unpaired) electrons. The fourth-order valence-corrected chi connectivity index (χ4v) is 2.38. The van der Waals surface area contributed by atoms with Gasteiger partial charge in [-0.2, -0.15) is 5.10 Å². The van der Waals surface area contributed by atoms with E-state index in [4.69, 9.17) is 5.11 Å². The van der Waals surface area contributed by atoms with Gasteiger partial charge < -0.3 is 10.0 Å². The first-order valence-electron chi connectivity index (χ1n) is 7.62. The lowest BCUT2D eigenvalue weighted by Crippen LogP contribution is -2.39. The lowest BCUT2D eigenvalue weighted by Gasteiger charge is -2.18. The number of para-hydroxylation sites is 2. The Hall–Kier alpha value is -3.56. The molecule has 0 atom stereocenters. The van der Waals surface area contributed by atoms with E-state index in [1.165, 1.54) is 25.1 Å². The highest BCUT2D eigenvalue weighted by Crippen LogP contribution is 2.22. The summed E-state index contributed by atoms with van der Waals surface area (Å²) in [7, 11) is 0. The SMILES string of the molecule is CCN(CC(=O)O)C(=O)c1nn(-c2ccccc2[N+](=O)[O-])c(C)cc1=O. The van der Waals surface area contributed by atoms with Gasteiger partial charge in [0.05, 0.1) is 4.92 Å². The molecule has 0 bridgehead atoms. The zero-order valence-electron chi connectivity index (χ0n) is 14.1. The standard InChI is InChI=1S/C16H16N4O6/c1-3-18(9-14(22)23)16(24)15-13(21)8-10(2)19(17-15)11-6-4-5-7-12(11)20(25)26/h4-8H,3,9H2,1-2H3,(H,22,23). The minimum Gasteiger partial charge on any atom is -0.480 e. The summed E-state index contributed by atoms with van der Waals surface area (Å²) < 4.78 is 1.13. The number of carboxylic acid groups (broad SMARTS) is 1. The molecule has 0 fully saturated rings. The summed E-state index contributed by atoms with van der Waals surface area (Å²) in [4.78, 5) is 47.1. The van der Waals surface area contributed by atoms with E-state index in [0.717, 1.165) is 15.6 Å². The minimum atomic E-state index is -1.23. The van der Waals surface area contributed by atoms with Gasteiger partial charge in [-0.1, -0.05) is 12.1 Å². The Morgan fingerprint density at radius 2 is 2.00 bits per heavy atom. The number of aryl methyl sites for hydroxylation is 1. The van der Waals surface area contributed by atoms with Crippen molar-refractivity contribution in [3.63, 3.8) is 0 Å². The van der Waals surface area contributed by atoms with Gasteiger partial charge in [0.2, 0.25) is 5.43 Å². The van der Waals surface area contributed by atoms with Crippen LogP contribution in [-0.4, -0.2) is 49.7 Å². The van der Waals surface area contributed by atoms with Gasteiger partial charge in [0.1, 0.15) is 12.2 Å². The molecule has 1 aromatic heterocycles. The van der Waals surface area contributed by atoms with Crippen molar-refractivity contribution in [2.24, 2.45) is 0 Å². The van der Waals surface area contributed by atoms with E-state index in [0.29, 0.717) is 5.69 Å². The zero-order valence-corrected chi connectivity index (χ0v) is 14.1. The van der Waals surface area contributed by atoms with Crippen molar-refractivity contribution in [2.75, 3.05) is 13.1 Å². The number of rotatable bonds is 6. The summed E-state index contributed by atoms with van der Waals surface area (Å²) in [6, 6.07) is 6.89. The first-order chi connectivity index (χ1) is 12.3. The maximum absolute atomic E-state index is 12.5. The Bertz CT molecular complexity index is 937. The highest BCUT2D eigenvalue weighted by atomic mass is 16.6. The summed E-state index contributed by atoms with van der Waals surface area (Å²) >= 11 is 0. The van der Waals surface area contributed by atoms with Crippen LogP contribution in [0, 0.1) is 17.0 Å². The van der Waals surface area contributed by atoms with Gasteiger partial charge in [-0.15, -0.1) is 0 Å². The number of likely N-dealkylation sites (N-methyl/N-ethyl adjacent to an activating group) is 1. The number of hydrogen-bond donors (Lipinski definition) is 1. The van der Waals surface area contributed by atoms with E-state index < -0.39 is 34.5 Å². The summed E-state index contributed by atoms with van der Waals surface area (Å²) in [5, 5.41) is 24.1. The number of nitrogens with zero attached hydrogens (tertiary/aromatic N) is 4. The second kappa shape index (κ2) is 7.55. The number of benzene rings is 1. The van der Waals surface area contributed by atoms with Gasteiger partial charge in [0.25, 0.3) is 11.6 Å². The lowest BCUT2D eigenvalue weighted by atomic mass is 10.2. The minimum absolute atomic E-state index is 0.0611. The molecule has 0 saturated carbocycles. The van der Waals surface area contributed by atoms with Crippen LogP contribution in [0.3, 0.4) is 0 Å². The number of nitro benzene ring substituents is 1. The summed E-state index contributed by atoms with van der Waals surface area (Å²) in [5.41, 5.74) is -1.06. The number of carbonyl (C=O) groups is 2. The molecule has 0 saturated heterocycles. The molecule has 1 aromatic carbocycles. The molecule has 10 nitrogen and oxygen atoms in total. The second-order valence-electron chi connectivity index (χ2n) is 5.37. The molecule has 0 unspecified atom stereocenters. The van der Waals surface area contributed by atoms with Crippen molar-refractivity contribution in [3.05, 3.63) is 62.1 Å². The number of aliphatic carboxylic acids is 1. The molecular formula is C16H16N4O6. The predicted octanol–water partition coefficient (Wildman–Crippen LogP) is 0.996. The Morgan fingerprint density at radius 3 is 2.58 bits per heavy atom. The maximum Gasteiger partial charge on any atom is 0.323 e. The summed E-state index contributed by atoms with van der Waals surface area (Å²) in [5.74, 6) is -2.08. The van der Waals surface area contributed by atoms with Crippen molar-refractivity contribution in [3.8, 4) is 5.69 Å². The molecule has 136 valence electrons. The number of carboxylic acids is 1. The largest absolute Gasteiger partial charge is 0.480 e. The van der Waals surface area contributed by atoms with E-state index in [1.54, 1.807) is 13.0 Å². The van der Waals surface area contributed by atoms with Gasteiger partial charge in [-0.25, -0.2) is 4.68 Å². The predicted molar refractivity (Wildman–Crippen MR) is 90.4 cm³/mol. The molecule has 2 rings (SSSR count). The number of nitro groups is 1. The highest BCUT2D eigenvalue weighted by Gasteiger charge is 2.24. The first kappa shape index (κ1) is 18.8. The van der Waals surface area contributed by atoms with Crippen LogP contribution in [0.4, 0.5) is 5.69 Å². The average molecular weight is 360 g/mol. The van der Waals surface area contributed by atoms with Gasteiger partial charge in [-0.05, 0) is 19.9 Å². The van der Waals surface area contributed by atoms with Gasteiger partial charge >= 0.3 is 5.97 Å². The number of carbonyl (C=O) groups excluding carboxylic acids is 1. The molecule has 1 heterocycles. The molecule has 1 N–H and O–H groups in total. The molecule has 2 aromatic rings. The highest BCUT2D eigenvalue weighted by molar-refractivity contribution is 5.94. The smallest absolute Gasteiger partial charge is 0.323 e. The number of amides is 1. The van der Waals surface area contributed by atoms with Crippen molar-refractivity contribution >= 4 is 17.6 Å². The molecule has 0 aliphatic rings. The molecule has 26 heavy (non-hydrogen) atoms. The maximum atomic E-state index is 12.5. The van der Waals surface area contributed by atoms with E-state index in [1.807, 2.05) is 0 Å². The molecule has 0 aliphatic heterocycles. The van der Waals surface area contributed by atoms with Crippen LogP contribution in [0.5, 0.6) is 0 Å². The fourth-order valence-electron chi connectivity index (χ4n) is 2.38. The average Bonchev–Trinajstić information content (AvgIpc) is 2.59. The Morgan fingerprint density at radius 1 is 1.35 bits per heavy atom. The Labute approximate surface area is 147 Å². The monoisotopic (exact) mass is 360 g/mol. The molecule has 10 heteroatoms. The third-order valence-corrected chi connectivity index (χ3v) is 3.61. The van der Waals surface area contributed by atoms with E-state index in [-0.39, 0.29) is 17.9 Å². The van der Waals surface area contributed by atoms with Crippen molar-refractivity contribution in [2.45, 2.75) is 13.8 Å². The van der Waals surface area contributed by atoms with Crippen LogP contribution >= 0.6 is 0 Å². The Balaban J connectivity index is 2.61. The molecule has 0 spiro atoms. The molecule has 1 amide bonds. The van der Waals surface area contributed by atoms with Gasteiger partial charge in [0, 0.05) is 24.4 Å². The van der Waals surface area contributed by atoms with Crippen LogP contribution in [-0.2, 0) is 4.79 Å². The second-order valence-corrected chi connectivity index (χ2v) is 5.37. The van der Waals surface area contributed by atoms with E-state index in [2.05, 4.69) is 5.10 Å². The summed E-state index contributed by atoms with van der Waals surface area (Å²) in [6.45, 7) is 2.56. The third kappa shape index (κ3) is 3.74. The van der Waals surface area contributed by atoms with Crippen molar-refractivity contribution < 1.29 is 19.6 Å². The molecular weight excluding hydrogens is 344 g/mol. The van der Waals surface area contributed by atoms with Crippen LogP contribution < -0.4 is 5.43 Å².